The monoisotopic (exact) mass is 623 g/mol. The van der Waals surface area contributed by atoms with Crippen LogP contribution in [0.1, 0.15) is 49.2 Å². The molecule has 4 bridgehead atoms. The molecule has 4 aromatic heterocycles. The highest BCUT2D eigenvalue weighted by Gasteiger charge is 2.31. The normalized spacial score (nSPS) is 16.1. The molecule has 1 saturated heterocycles. The number of rotatable bonds is 3. The zero-order chi connectivity index (χ0) is 32.3. The molecule has 11 nitrogen and oxygen atoms in total. The minimum Gasteiger partial charge on any atom is -0.350 e. The summed E-state index contributed by atoms with van der Waals surface area (Å²) in [4.78, 5) is 44.2. The van der Waals surface area contributed by atoms with Gasteiger partial charge in [-0.3, -0.25) is 9.78 Å². The maximum atomic E-state index is 16.4. The molecule has 0 spiro atoms. The number of nitrogens with zero attached hydrogens (tertiary/aromatic N) is 9. The van der Waals surface area contributed by atoms with Crippen LogP contribution in [-0.4, -0.2) is 71.0 Å². The first kappa shape index (κ1) is 29.4. The molecule has 2 aliphatic rings. The third-order valence-corrected chi connectivity index (χ3v) is 8.62. The molecule has 0 N–H and O–H groups in total. The van der Waals surface area contributed by atoms with Crippen LogP contribution in [0.15, 0.2) is 60.2 Å². The standard InChI is InChI=1S/C33H31F2N9O2/c1-5-26(45)41-11-12-43(19(4)15-41)31-23-14-25(35)29-27-20(7-6-8-24(27)34)13-22-17-42(40-39-22)16-21-9-10-36-28(18(2)3)30(21)44(32(23)37-29)33(46)38-31/h5-10,14,17-19H,1,11-13,15-16H2,2-4H3/t19-/m0/s1. The van der Waals surface area contributed by atoms with Gasteiger partial charge in [-0.2, -0.15) is 4.98 Å². The molecular formula is C33H31F2N9O2. The Labute approximate surface area is 262 Å². The maximum absolute atomic E-state index is 16.4. The molecule has 2 aliphatic heterocycles. The number of hydrogen-bond donors (Lipinski definition) is 0. The molecule has 5 aromatic rings. The summed E-state index contributed by atoms with van der Waals surface area (Å²) >= 11 is 0. The van der Waals surface area contributed by atoms with E-state index in [2.05, 4.69) is 26.9 Å². The van der Waals surface area contributed by atoms with Gasteiger partial charge in [0.15, 0.2) is 5.65 Å². The zero-order valence-electron chi connectivity index (χ0n) is 25.6. The highest BCUT2D eigenvalue weighted by atomic mass is 19.1. The van der Waals surface area contributed by atoms with Crippen LogP contribution >= 0.6 is 0 Å². The van der Waals surface area contributed by atoms with Gasteiger partial charge in [0.1, 0.15) is 23.1 Å². The van der Waals surface area contributed by atoms with E-state index in [1.165, 1.54) is 22.8 Å². The van der Waals surface area contributed by atoms with Crippen LogP contribution in [0.2, 0.25) is 0 Å². The molecule has 0 radical (unpaired) electrons. The first-order valence-corrected chi connectivity index (χ1v) is 15.1. The maximum Gasteiger partial charge on any atom is 0.355 e. The van der Waals surface area contributed by atoms with E-state index in [0.29, 0.717) is 47.8 Å². The van der Waals surface area contributed by atoms with Crippen LogP contribution in [0.3, 0.4) is 0 Å². The molecule has 13 heteroatoms. The Bertz CT molecular complexity index is 2110. The number of fused-ring (bicyclic) bond motifs is 7. The Morgan fingerprint density at radius 2 is 1.93 bits per heavy atom. The molecule has 46 heavy (non-hydrogen) atoms. The molecule has 0 saturated carbocycles. The molecule has 1 aromatic carbocycles. The molecule has 1 fully saturated rings. The summed E-state index contributed by atoms with van der Waals surface area (Å²) in [5, 5.41) is 8.86. The fourth-order valence-electron chi connectivity index (χ4n) is 6.47. The van der Waals surface area contributed by atoms with E-state index < -0.39 is 17.3 Å². The number of carbonyl (C=O) groups is 1. The van der Waals surface area contributed by atoms with Crippen molar-refractivity contribution >= 4 is 22.8 Å². The van der Waals surface area contributed by atoms with Gasteiger partial charge in [0.05, 0.1) is 29.0 Å². The van der Waals surface area contributed by atoms with E-state index in [4.69, 9.17) is 4.98 Å². The number of amides is 1. The van der Waals surface area contributed by atoms with Gasteiger partial charge in [-0.15, -0.1) is 5.10 Å². The molecule has 0 unspecified atom stereocenters. The van der Waals surface area contributed by atoms with Crippen LogP contribution in [0.4, 0.5) is 14.6 Å². The zero-order valence-corrected chi connectivity index (χ0v) is 25.6. The van der Waals surface area contributed by atoms with Crippen molar-refractivity contribution < 1.29 is 13.6 Å². The average Bonchev–Trinajstić information content (AvgIpc) is 3.47. The second-order valence-electron chi connectivity index (χ2n) is 12.0. The summed E-state index contributed by atoms with van der Waals surface area (Å²) < 4.78 is 35.0. The lowest BCUT2D eigenvalue weighted by Crippen LogP contribution is -2.54. The quantitative estimate of drug-likeness (QED) is 0.272. The lowest BCUT2D eigenvalue weighted by molar-refractivity contribution is -0.126. The molecular weight excluding hydrogens is 592 g/mol. The fourth-order valence-corrected chi connectivity index (χ4v) is 6.47. The van der Waals surface area contributed by atoms with Crippen molar-refractivity contribution in [2.75, 3.05) is 24.5 Å². The molecule has 1 amide bonds. The minimum absolute atomic E-state index is 0.0199. The van der Waals surface area contributed by atoms with Crippen molar-refractivity contribution in [2.45, 2.75) is 45.7 Å². The van der Waals surface area contributed by atoms with Crippen molar-refractivity contribution in [1.29, 1.82) is 0 Å². The van der Waals surface area contributed by atoms with E-state index in [1.54, 1.807) is 40.2 Å². The van der Waals surface area contributed by atoms with Crippen molar-refractivity contribution in [3.63, 3.8) is 0 Å². The summed E-state index contributed by atoms with van der Waals surface area (Å²) in [6.45, 7) is 10.7. The van der Waals surface area contributed by atoms with E-state index in [1.807, 2.05) is 25.7 Å². The van der Waals surface area contributed by atoms with E-state index in [-0.39, 0.29) is 58.9 Å². The first-order valence-electron chi connectivity index (χ1n) is 15.1. The Morgan fingerprint density at radius 1 is 1.11 bits per heavy atom. The van der Waals surface area contributed by atoms with Gasteiger partial charge >= 0.3 is 5.69 Å². The smallest absolute Gasteiger partial charge is 0.350 e. The number of piperazine rings is 1. The molecule has 234 valence electrons. The SMILES string of the molecule is C=CC(=O)N1CCN(c2nc(=O)n3c4nc(c(F)cc24)-c2c(F)cccc2Cc2cn(nn2)Cc2ccnc(C(C)C)c2-3)[C@@H](C)C1. The van der Waals surface area contributed by atoms with Crippen molar-refractivity contribution in [2.24, 2.45) is 0 Å². The summed E-state index contributed by atoms with van der Waals surface area (Å²) in [6.07, 6.45) is 4.88. The number of hydrogen-bond acceptors (Lipinski definition) is 8. The second-order valence-corrected chi connectivity index (χ2v) is 12.0. The number of aromatic nitrogens is 7. The van der Waals surface area contributed by atoms with Crippen LogP contribution in [0, 0.1) is 11.6 Å². The number of anilines is 1. The fraction of sp³-hybridized carbons (Fsp3) is 0.303. The summed E-state index contributed by atoms with van der Waals surface area (Å²) in [5.41, 5.74) is 2.01. The lowest BCUT2D eigenvalue weighted by atomic mass is 9.98. The van der Waals surface area contributed by atoms with E-state index in [9.17, 15) is 9.59 Å². The lowest BCUT2D eigenvalue weighted by Gasteiger charge is -2.40. The van der Waals surface area contributed by atoms with Crippen LogP contribution in [0.5, 0.6) is 0 Å². The Morgan fingerprint density at radius 3 is 2.70 bits per heavy atom. The van der Waals surface area contributed by atoms with Gasteiger partial charge in [0.25, 0.3) is 0 Å². The Balaban J connectivity index is 1.57. The highest BCUT2D eigenvalue weighted by Crippen LogP contribution is 2.36. The summed E-state index contributed by atoms with van der Waals surface area (Å²) in [6, 6.07) is 7.33. The van der Waals surface area contributed by atoms with E-state index >= 15 is 8.78 Å². The third-order valence-electron chi connectivity index (χ3n) is 8.62. The van der Waals surface area contributed by atoms with Gasteiger partial charge in [0.2, 0.25) is 5.91 Å². The van der Waals surface area contributed by atoms with E-state index in [0.717, 1.165) is 0 Å². The van der Waals surface area contributed by atoms with Gasteiger partial charge < -0.3 is 9.80 Å². The second kappa shape index (κ2) is 11.2. The molecule has 7 rings (SSSR count). The Hall–Kier alpha value is -5.33. The topological polar surface area (TPSA) is 115 Å². The number of halogens is 2. The number of carbonyl (C=O) groups excluding carboxylic acids is 1. The Kier molecular flexibility index (Phi) is 7.18. The first-order chi connectivity index (χ1) is 22.1. The van der Waals surface area contributed by atoms with Crippen LogP contribution < -0.4 is 10.6 Å². The summed E-state index contributed by atoms with van der Waals surface area (Å²) in [7, 11) is 0. The van der Waals surface area contributed by atoms with Crippen molar-refractivity contribution in [3.8, 4) is 16.9 Å². The predicted molar refractivity (Wildman–Crippen MR) is 168 cm³/mol. The van der Waals surface area contributed by atoms with Crippen LogP contribution in [-0.2, 0) is 17.8 Å². The number of pyridine rings is 2. The van der Waals surface area contributed by atoms with Crippen molar-refractivity contribution in [1.82, 2.24) is 39.4 Å². The van der Waals surface area contributed by atoms with Gasteiger partial charge in [-0.1, -0.05) is 37.8 Å². The molecule has 6 heterocycles. The average molecular weight is 624 g/mol. The highest BCUT2D eigenvalue weighted by molar-refractivity contribution is 5.91. The number of benzene rings is 1. The third kappa shape index (κ3) is 4.82. The van der Waals surface area contributed by atoms with Gasteiger partial charge in [0, 0.05) is 55.6 Å². The largest absolute Gasteiger partial charge is 0.355 e. The minimum atomic E-state index is -0.769. The molecule has 0 aliphatic carbocycles. The summed E-state index contributed by atoms with van der Waals surface area (Å²) in [5.74, 6) is -1.50. The van der Waals surface area contributed by atoms with Gasteiger partial charge in [-0.25, -0.2) is 27.8 Å². The predicted octanol–water partition coefficient (Wildman–Crippen LogP) is 4.01. The van der Waals surface area contributed by atoms with Crippen molar-refractivity contribution in [3.05, 3.63) is 100 Å². The van der Waals surface area contributed by atoms with Gasteiger partial charge in [-0.05, 0) is 42.7 Å². The van der Waals surface area contributed by atoms with Crippen LogP contribution in [0.25, 0.3) is 28.0 Å². The molecule has 1 atom stereocenters.